The first-order valence-corrected chi connectivity index (χ1v) is 43.1. The van der Waals surface area contributed by atoms with Gasteiger partial charge in [-0.15, -0.1) is 0 Å². The summed E-state index contributed by atoms with van der Waals surface area (Å²) in [4.78, 5) is 72.9. The summed E-state index contributed by atoms with van der Waals surface area (Å²) in [5.74, 6) is -2.14. The Bertz CT molecular complexity index is 1940. The molecule has 0 radical (unpaired) electrons. The Kier molecular flexibility index (Phi) is 70.1. The van der Waals surface area contributed by atoms with Gasteiger partial charge in [-0.25, -0.2) is 9.13 Å². The molecule has 0 aliphatic rings. The van der Waals surface area contributed by atoms with Crippen molar-refractivity contribution >= 4 is 39.5 Å². The quantitative estimate of drug-likeness (QED) is 0.0169. The molecule has 3 N–H and O–H groups in total. The molecular formula is C78H148O17P2. The van der Waals surface area contributed by atoms with Crippen LogP contribution in [0.1, 0.15) is 394 Å². The zero-order valence-corrected chi connectivity index (χ0v) is 64.3. The van der Waals surface area contributed by atoms with E-state index in [0.29, 0.717) is 25.7 Å². The van der Waals surface area contributed by atoms with Crippen molar-refractivity contribution in [2.45, 2.75) is 412 Å². The molecule has 0 aliphatic heterocycles. The van der Waals surface area contributed by atoms with Crippen molar-refractivity contribution in [3.63, 3.8) is 0 Å². The number of aliphatic hydroxyl groups is 1. The number of hydrogen-bond acceptors (Lipinski definition) is 15. The molecule has 0 aliphatic carbocycles. The molecule has 0 heterocycles. The average molecular weight is 1420 g/mol. The van der Waals surface area contributed by atoms with Crippen LogP contribution in [0.5, 0.6) is 0 Å². The topological polar surface area (TPSA) is 237 Å². The lowest BCUT2D eigenvalue weighted by molar-refractivity contribution is -0.161. The highest BCUT2D eigenvalue weighted by molar-refractivity contribution is 7.47. The van der Waals surface area contributed by atoms with E-state index < -0.39 is 97.5 Å². The molecular weight excluding hydrogens is 1270 g/mol. The summed E-state index contributed by atoms with van der Waals surface area (Å²) in [7, 11) is -9.92. The standard InChI is InChI=1S/C78H148O17P2/c1-5-9-13-17-21-25-29-32-35-38-40-43-47-51-55-59-63-76(81)89-69-74(95-78(83)65-61-57-53-49-45-42-39-36-33-30-26-22-18-14-10-6-2)71-93-97(86,87)91-67-72(79)66-90-96(84,85)92-70-73(68-88-75(80)62-58-54-50-46-28-24-20-16-12-8-4)94-77(82)64-60-56-52-48-44-41-37-34-31-27-23-19-15-11-7-3/h27,31,34,37,72-74,79H,5-26,28-30,32-33,35-36,38-71H2,1-4H3,(H,84,85)(H,86,87)/b31-27-,37-34-/t72-,73+,74+/m0/s1. The normalized spacial score (nSPS) is 14.0. The van der Waals surface area contributed by atoms with Gasteiger partial charge >= 0.3 is 39.5 Å². The zero-order valence-electron chi connectivity index (χ0n) is 62.5. The minimum Gasteiger partial charge on any atom is -0.462 e. The van der Waals surface area contributed by atoms with Crippen LogP contribution < -0.4 is 0 Å². The first-order valence-electron chi connectivity index (χ1n) is 40.1. The van der Waals surface area contributed by atoms with Crippen LogP contribution in [0, 0.1) is 0 Å². The second-order valence-electron chi connectivity index (χ2n) is 27.4. The number of phosphoric acid groups is 2. The number of allylic oxidation sites excluding steroid dienone is 4. The summed E-state index contributed by atoms with van der Waals surface area (Å²) in [5, 5.41) is 10.6. The fraction of sp³-hybridized carbons (Fsp3) is 0.897. The van der Waals surface area contributed by atoms with Gasteiger partial charge in [-0.05, 0) is 51.4 Å². The summed E-state index contributed by atoms with van der Waals surface area (Å²) in [6.45, 7) is 4.94. The molecule has 0 saturated heterocycles. The highest BCUT2D eigenvalue weighted by atomic mass is 31.2. The van der Waals surface area contributed by atoms with E-state index in [-0.39, 0.29) is 25.7 Å². The molecule has 0 rings (SSSR count). The molecule has 0 aromatic carbocycles. The Labute approximate surface area is 592 Å². The van der Waals surface area contributed by atoms with E-state index in [1.807, 2.05) is 0 Å². The number of hydrogen-bond donors (Lipinski definition) is 3. The lowest BCUT2D eigenvalue weighted by Gasteiger charge is -2.21. The lowest BCUT2D eigenvalue weighted by atomic mass is 10.0. The number of carbonyl (C=O) groups is 4. The number of carbonyl (C=O) groups excluding carboxylic acids is 4. The van der Waals surface area contributed by atoms with Gasteiger partial charge in [0.1, 0.15) is 19.3 Å². The monoisotopic (exact) mass is 1420 g/mol. The minimum atomic E-state index is -4.96. The van der Waals surface area contributed by atoms with E-state index in [1.165, 1.54) is 212 Å². The molecule has 5 atom stereocenters. The maximum absolute atomic E-state index is 13.1. The van der Waals surface area contributed by atoms with Gasteiger partial charge in [0.05, 0.1) is 26.4 Å². The maximum atomic E-state index is 13.1. The summed E-state index contributed by atoms with van der Waals surface area (Å²) < 4.78 is 68.6. The third-order valence-electron chi connectivity index (χ3n) is 17.7. The van der Waals surface area contributed by atoms with Crippen LogP contribution in [0.3, 0.4) is 0 Å². The number of unbranched alkanes of at least 4 members (excludes halogenated alkanes) is 48. The molecule has 0 saturated carbocycles. The lowest BCUT2D eigenvalue weighted by Crippen LogP contribution is -2.30. The summed E-state index contributed by atoms with van der Waals surface area (Å²) >= 11 is 0. The molecule has 0 spiro atoms. The van der Waals surface area contributed by atoms with E-state index >= 15 is 0 Å². The van der Waals surface area contributed by atoms with E-state index in [1.54, 1.807) is 0 Å². The van der Waals surface area contributed by atoms with Crippen molar-refractivity contribution in [3.8, 4) is 0 Å². The maximum Gasteiger partial charge on any atom is 0.472 e. The van der Waals surface area contributed by atoms with Crippen LogP contribution >= 0.6 is 15.6 Å². The highest BCUT2D eigenvalue weighted by Gasteiger charge is 2.30. The Morgan fingerprint density at radius 3 is 0.753 bits per heavy atom. The van der Waals surface area contributed by atoms with E-state index in [2.05, 4.69) is 52.0 Å². The van der Waals surface area contributed by atoms with Crippen LogP contribution in [-0.4, -0.2) is 96.7 Å². The second kappa shape index (κ2) is 71.9. The molecule has 0 bridgehead atoms. The number of esters is 4. The molecule has 17 nitrogen and oxygen atoms in total. The van der Waals surface area contributed by atoms with Crippen LogP contribution in [0.4, 0.5) is 0 Å². The van der Waals surface area contributed by atoms with Gasteiger partial charge in [-0.3, -0.25) is 37.3 Å². The van der Waals surface area contributed by atoms with Gasteiger partial charge in [0.2, 0.25) is 0 Å². The van der Waals surface area contributed by atoms with Crippen molar-refractivity contribution in [1.29, 1.82) is 0 Å². The van der Waals surface area contributed by atoms with Crippen LogP contribution in [-0.2, 0) is 65.4 Å². The number of rotatable bonds is 77. The fourth-order valence-corrected chi connectivity index (χ4v) is 13.1. The van der Waals surface area contributed by atoms with Gasteiger partial charge in [0, 0.05) is 25.7 Å². The van der Waals surface area contributed by atoms with Crippen molar-refractivity contribution in [1.82, 2.24) is 0 Å². The van der Waals surface area contributed by atoms with Gasteiger partial charge in [0.15, 0.2) is 12.2 Å². The number of ether oxygens (including phenoxy) is 4. The Morgan fingerprint density at radius 2 is 0.495 bits per heavy atom. The fourth-order valence-electron chi connectivity index (χ4n) is 11.6. The van der Waals surface area contributed by atoms with Crippen molar-refractivity contribution in [3.05, 3.63) is 24.3 Å². The summed E-state index contributed by atoms with van der Waals surface area (Å²) in [5.41, 5.74) is 0. The molecule has 572 valence electrons. The number of aliphatic hydroxyl groups excluding tert-OH is 1. The SMILES string of the molecule is CCCCCC/C=C\C=C/CCCCCCCC(=O)O[C@H](COC(=O)CCCCCCCCCCCC)COP(=O)(O)OC[C@H](O)COP(=O)(O)OC[C@@H](COC(=O)CCCCCCCCCCCCCCCCCC)OC(=O)CCCCCCCCCCCCCCCCCC. The van der Waals surface area contributed by atoms with Crippen molar-refractivity contribution in [2.75, 3.05) is 39.6 Å². The summed E-state index contributed by atoms with van der Waals surface area (Å²) in [6, 6.07) is 0. The molecule has 19 heteroatoms. The Hall–Kier alpha value is -2.46. The molecule has 0 aromatic rings. The number of phosphoric ester groups is 2. The second-order valence-corrected chi connectivity index (χ2v) is 30.3. The predicted molar refractivity (Wildman–Crippen MR) is 395 cm³/mol. The van der Waals surface area contributed by atoms with Crippen LogP contribution in [0.2, 0.25) is 0 Å². The van der Waals surface area contributed by atoms with Gasteiger partial charge in [-0.1, -0.05) is 341 Å². The van der Waals surface area contributed by atoms with Crippen molar-refractivity contribution in [2.24, 2.45) is 0 Å². The largest absolute Gasteiger partial charge is 0.472 e. The predicted octanol–water partition coefficient (Wildman–Crippen LogP) is 23.0. The zero-order chi connectivity index (χ0) is 71.1. The van der Waals surface area contributed by atoms with E-state index in [4.69, 9.17) is 37.0 Å². The smallest absolute Gasteiger partial charge is 0.462 e. The minimum absolute atomic E-state index is 0.0857. The van der Waals surface area contributed by atoms with Gasteiger partial charge in [0.25, 0.3) is 0 Å². The molecule has 2 unspecified atom stereocenters. The Morgan fingerprint density at radius 1 is 0.289 bits per heavy atom. The average Bonchev–Trinajstić information content (AvgIpc) is 1.78. The van der Waals surface area contributed by atoms with Crippen LogP contribution in [0.25, 0.3) is 0 Å². The summed E-state index contributed by atoms with van der Waals surface area (Å²) in [6.07, 6.45) is 65.9. The third-order valence-corrected chi connectivity index (χ3v) is 19.6. The third kappa shape index (κ3) is 71.7. The Balaban J connectivity index is 5.27. The molecule has 0 aromatic heterocycles. The molecule has 97 heavy (non-hydrogen) atoms. The first kappa shape index (κ1) is 94.5. The van der Waals surface area contributed by atoms with E-state index in [9.17, 15) is 43.2 Å². The van der Waals surface area contributed by atoms with Gasteiger partial charge in [-0.2, -0.15) is 0 Å². The molecule has 0 amide bonds. The van der Waals surface area contributed by atoms with E-state index in [0.717, 1.165) is 103 Å². The highest BCUT2D eigenvalue weighted by Crippen LogP contribution is 2.45. The molecule has 0 fully saturated rings. The van der Waals surface area contributed by atoms with Crippen LogP contribution in [0.15, 0.2) is 24.3 Å². The van der Waals surface area contributed by atoms with Crippen molar-refractivity contribution < 1.29 is 80.2 Å². The van der Waals surface area contributed by atoms with Gasteiger partial charge < -0.3 is 33.8 Å². The first-order chi connectivity index (χ1) is 47.2.